The molecular formula is C15H9Br2FN2O3. The Bertz CT molecular complexity index is 795. The molecule has 1 fully saturated rings. The Balaban J connectivity index is 1.80. The molecule has 0 atom stereocenters. The second kappa shape index (κ2) is 6.29. The van der Waals surface area contributed by atoms with Crippen LogP contribution in [0.5, 0.6) is 0 Å². The van der Waals surface area contributed by atoms with Gasteiger partial charge in [-0.15, -0.1) is 0 Å². The monoisotopic (exact) mass is 442 g/mol. The molecule has 0 saturated carbocycles. The Kier molecular flexibility index (Phi) is 4.36. The van der Waals surface area contributed by atoms with Gasteiger partial charge in [-0.3, -0.25) is 9.69 Å². The summed E-state index contributed by atoms with van der Waals surface area (Å²) in [5, 5.41) is 2.50. The van der Waals surface area contributed by atoms with Crippen LogP contribution in [0.3, 0.4) is 0 Å². The van der Waals surface area contributed by atoms with Gasteiger partial charge in [-0.05, 0) is 55.6 Å². The average molecular weight is 444 g/mol. The zero-order valence-corrected chi connectivity index (χ0v) is 14.6. The number of amides is 3. The third-order valence-corrected chi connectivity index (χ3v) is 4.88. The van der Waals surface area contributed by atoms with Gasteiger partial charge in [0.1, 0.15) is 17.3 Å². The van der Waals surface area contributed by atoms with Crippen molar-refractivity contribution in [1.29, 1.82) is 0 Å². The Hall–Kier alpha value is -1.93. The summed E-state index contributed by atoms with van der Waals surface area (Å²) in [5.41, 5.74) is 0.769. The minimum absolute atomic E-state index is 0.0633. The van der Waals surface area contributed by atoms with E-state index < -0.39 is 11.9 Å². The predicted octanol–water partition coefficient (Wildman–Crippen LogP) is 4.04. The number of carbonyl (C=O) groups is 2. The molecule has 0 spiro atoms. The van der Waals surface area contributed by atoms with Crippen LogP contribution in [0.15, 0.2) is 49.6 Å². The number of halogens is 3. The van der Waals surface area contributed by atoms with Crippen molar-refractivity contribution in [2.75, 3.05) is 0 Å². The van der Waals surface area contributed by atoms with Gasteiger partial charge in [0.2, 0.25) is 0 Å². The van der Waals surface area contributed by atoms with E-state index >= 15 is 0 Å². The Morgan fingerprint density at radius 3 is 2.52 bits per heavy atom. The molecular weight excluding hydrogens is 435 g/mol. The van der Waals surface area contributed by atoms with Crippen molar-refractivity contribution >= 4 is 49.9 Å². The SMILES string of the molecule is O=C1N/C(=C\c2cc(Br)c(Br)o2)C(=O)N1Cc1ccc(F)cc1. The molecule has 1 aromatic heterocycles. The van der Waals surface area contributed by atoms with Gasteiger partial charge in [-0.2, -0.15) is 0 Å². The van der Waals surface area contributed by atoms with E-state index in [-0.39, 0.29) is 18.1 Å². The number of nitrogens with zero attached hydrogens (tertiary/aromatic N) is 1. The Labute approximate surface area is 147 Å². The Morgan fingerprint density at radius 1 is 1.22 bits per heavy atom. The van der Waals surface area contributed by atoms with Crippen molar-refractivity contribution in [2.24, 2.45) is 0 Å². The lowest BCUT2D eigenvalue weighted by molar-refractivity contribution is -0.123. The summed E-state index contributed by atoms with van der Waals surface area (Å²) in [6.45, 7) is 0.0633. The first kappa shape index (κ1) is 15.9. The summed E-state index contributed by atoms with van der Waals surface area (Å²) in [5.74, 6) is -0.431. The number of benzene rings is 1. The van der Waals surface area contributed by atoms with Gasteiger partial charge >= 0.3 is 6.03 Å². The molecule has 1 saturated heterocycles. The maximum Gasteiger partial charge on any atom is 0.329 e. The van der Waals surface area contributed by atoms with Crippen LogP contribution in [0.1, 0.15) is 11.3 Å². The molecule has 5 nitrogen and oxygen atoms in total. The molecule has 2 heterocycles. The summed E-state index contributed by atoms with van der Waals surface area (Å²) in [7, 11) is 0. The van der Waals surface area contributed by atoms with E-state index in [9.17, 15) is 14.0 Å². The van der Waals surface area contributed by atoms with E-state index in [1.165, 1.54) is 30.3 Å². The fourth-order valence-corrected chi connectivity index (χ4v) is 2.67. The van der Waals surface area contributed by atoms with Crippen molar-refractivity contribution in [3.8, 4) is 0 Å². The molecule has 23 heavy (non-hydrogen) atoms. The van der Waals surface area contributed by atoms with Crippen LogP contribution in [0.2, 0.25) is 0 Å². The number of urea groups is 1. The number of furan rings is 1. The molecule has 3 amide bonds. The molecule has 0 unspecified atom stereocenters. The van der Waals surface area contributed by atoms with Crippen molar-refractivity contribution in [2.45, 2.75) is 6.54 Å². The highest BCUT2D eigenvalue weighted by molar-refractivity contribution is 9.13. The Morgan fingerprint density at radius 2 is 1.91 bits per heavy atom. The number of rotatable bonds is 3. The predicted molar refractivity (Wildman–Crippen MR) is 87.6 cm³/mol. The first-order chi connectivity index (χ1) is 10.9. The van der Waals surface area contributed by atoms with Crippen LogP contribution in [0.25, 0.3) is 6.08 Å². The lowest BCUT2D eigenvalue weighted by atomic mass is 10.2. The van der Waals surface area contributed by atoms with Crippen LogP contribution < -0.4 is 5.32 Å². The molecule has 3 rings (SSSR count). The zero-order chi connectivity index (χ0) is 16.6. The van der Waals surface area contributed by atoms with E-state index in [1.54, 1.807) is 6.07 Å². The van der Waals surface area contributed by atoms with E-state index in [1.807, 2.05) is 0 Å². The molecule has 0 radical (unpaired) electrons. The van der Waals surface area contributed by atoms with E-state index in [2.05, 4.69) is 37.2 Å². The fourth-order valence-electron chi connectivity index (χ4n) is 2.06. The summed E-state index contributed by atoms with van der Waals surface area (Å²) >= 11 is 6.47. The second-order valence-electron chi connectivity index (χ2n) is 4.78. The highest BCUT2D eigenvalue weighted by atomic mass is 79.9. The van der Waals surface area contributed by atoms with E-state index in [0.29, 0.717) is 20.5 Å². The molecule has 0 aliphatic carbocycles. The maximum absolute atomic E-state index is 12.9. The van der Waals surface area contributed by atoms with Gasteiger partial charge in [0.05, 0.1) is 11.0 Å². The molecule has 1 aromatic carbocycles. The van der Waals surface area contributed by atoms with Crippen molar-refractivity contribution in [3.05, 3.63) is 62.3 Å². The third kappa shape index (κ3) is 3.37. The maximum atomic E-state index is 12.9. The fraction of sp³-hybridized carbons (Fsp3) is 0.0667. The average Bonchev–Trinajstić information content (AvgIpc) is 2.95. The van der Waals surface area contributed by atoms with Gasteiger partial charge in [0, 0.05) is 6.08 Å². The lowest BCUT2D eigenvalue weighted by Crippen LogP contribution is -2.30. The highest BCUT2D eigenvalue weighted by Crippen LogP contribution is 2.28. The van der Waals surface area contributed by atoms with Gasteiger partial charge in [-0.1, -0.05) is 12.1 Å². The quantitative estimate of drug-likeness (QED) is 0.575. The number of nitrogens with one attached hydrogen (secondary N) is 1. The normalized spacial score (nSPS) is 16.3. The minimum atomic E-state index is -0.532. The lowest BCUT2D eigenvalue weighted by Gasteiger charge is -2.11. The van der Waals surface area contributed by atoms with Crippen LogP contribution >= 0.6 is 31.9 Å². The molecule has 118 valence electrons. The van der Waals surface area contributed by atoms with Crippen molar-refractivity contribution in [3.63, 3.8) is 0 Å². The van der Waals surface area contributed by atoms with Gasteiger partial charge < -0.3 is 9.73 Å². The van der Waals surface area contributed by atoms with Gasteiger partial charge in [0.15, 0.2) is 4.67 Å². The number of imide groups is 1. The second-order valence-corrected chi connectivity index (χ2v) is 6.35. The molecule has 0 bridgehead atoms. The zero-order valence-electron chi connectivity index (χ0n) is 11.5. The van der Waals surface area contributed by atoms with Crippen LogP contribution in [0.4, 0.5) is 9.18 Å². The van der Waals surface area contributed by atoms with Crippen LogP contribution in [0, 0.1) is 5.82 Å². The van der Waals surface area contributed by atoms with Gasteiger partial charge in [-0.25, -0.2) is 9.18 Å². The minimum Gasteiger partial charge on any atom is -0.449 e. The number of hydrogen-bond donors (Lipinski definition) is 1. The molecule has 8 heteroatoms. The first-order valence-electron chi connectivity index (χ1n) is 6.48. The molecule has 1 N–H and O–H groups in total. The number of hydrogen-bond acceptors (Lipinski definition) is 3. The molecule has 1 aliphatic rings. The summed E-state index contributed by atoms with van der Waals surface area (Å²) < 4.78 is 19.5. The van der Waals surface area contributed by atoms with E-state index in [0.717, 1.165) is 4.90 Å². The number of carbonyl (C=O) groups excluding carboxylic acids is 2. The van der Waals surface area contributed by atoms with Crippen LogP contribution in [-0.4, -0.2) is 16.8 Å². The molecule has 2 aromatic rings. The summed E-state index contributed by atoms with van der Waals surface area (Å²) in [6, 6.07) is 6.75. The smallest absolute Gasteiger partial charge is 0.329 e. The highest BCUT2D eigenvalue weighted by Gasteiger charge is 2.33. The summed E-state index contributed by atoms with van der Waals surface area (Å²) in [4.78, 5) is 25.3. The third-order valence-electron chi connectivity index (χ3n) is 3.17. The van der Waals surface area contributed by atoms with E-state index in [4.69, 9.17) is 4.42 Å². The topological polar surface area (TPSA) is 62.6 Å². The van der Waals surface area contributed by atoms with Crippen LogP contribution in [-0.2, 0) is 11.3 Å². The van der Waals surface area contributed by atoms with Crippen molar-refractivity contribution in [1.82, 2.24) is 10.2 Å². The van der Waals surface area contributed by atoms with Gasteiger partial charge in [0.25, 0.3) is 5.91 Å². The summed E-state index contributed by atoms with van der Waals surface area (Å²) in [6.07, 6.45) is 1.44. The molecule has 1 aliphatic heterocycles. The first-order valence-corrected chi connectivity index (χ1v) is 8.06. The standard InChI is InChI=1S/C15H9Br2FN2O3/c16-11-5-10(23-13(11)17)6-12-14(21)20(15(22)19-12)7-8-1-3-9(18)4-2-8/h1-6H,7H2,(H,19,22)/b12-6-. The van der Waals surface area contributed by atoms with Crippen molar-refractivity contribution < 1.29 is 18.4 Å². The largest absolute Gasteiger partial charge is 0.449 e.